The third-order valence-electron chi connectivity index (χ3n) is 6.17. The first-order chi connectivity index (χ1) is 16.9. The lowest BCUT2D eigenvalue weighted by molar-refractivity contribution is -0.130. The molecule has 1 aliphatic rings. The van der Waals surface area contributed by atoms with Crippen LogP contribution in [0.25, 0.3) is 0 Å². The van der Waals surface area contributed by atoms with Crippen LogP contribution in [-0.4, -0.2) is 84.4 Å². The first-order valence-corrected chi connectivity index (χ1v) is 13.1. The van der Waals surface area contributed by atoms with E-state index in [1.165, 1.54) is 0 Å². The van der Waals surface area contributed by atoms with E-state index < -0.39 is 0 Å². The molecular formula is C27H35Cl2N3O3. The van der Waals surface area contributed by atoms with Crippen molar-refractivity contribution in [2.75, 3.05) is 51.8 Å². The van der Waals surface area contributed by atoms with Crippen molar-refractivity contribution < 1.29 is 14.3 Å². The molecule has 1 fully saturated rings. The summed E-state index contributed by atoms with van der Waals surface area (Å²) in [5, 5.41) is 0.809. The molecule has 0 aromatic heterocycles. The highest BCUT2D eigenvalue weighted by molar-refractivity contribution is 6.31. The molecule has 0 radical (unpaired) electrons. The van der Waals surface area contributed by atoms with Gasteiger partial charge >= 0.3 is 0 Å². The highest BCUT2D eigenvalue weighted by Crippen LogP contribution is 2.17. The second-order valence-electron chi connectivity index (χ2n) is 9.04. The second kappa shape index (κ2) is 13.8. The molecule has 0 aliphatic carbocycles. The fourth-order valence-corrected chi connectivity index (χ4v) is 4.48. The van der Waals surface area contributed by atoms with Crippen molar-refractivity contribution >= 4 is 35.0 Å². The number of rotatable bonds is 11. The Hall–Kier alpha value is -2.12. The quantitative estimate of drug-likeness (QED) is 0.414. The SMILES string of the molecule is CC(C)OCCN(Cc1ccc(C(=O)N2CCN(CCc3ccccc3Cl)CC2)cc1)C(=O)CCl. The van der Waals surface area contributed by atoms with Gasteiger partial charge in [-0.05, 0) is 49.6 Å². The summed E-state index contributed by atoms with van der Waals surface area (Å²) in [6, 6.07) is 15.4. The molecule has 0 atom stereocenters. The predicted octanol–water partition coefficient (Wildman–Crippen LogP) is 4.33. The van der Waals surface area contributed by atoms with Crippen LogP contribution in [0.1, 0.15) is 35.3 Å². The first kappa shape index (κ1) is 27.5. The number of nitrogens with zero attached hydrogens (tertiary/aromatic N) is 3. The molecule has 35 heavy (non-hydrogen) atoms. The summed E-state index contributed by atoms with van der Waals surface area (Å²) >= 11 is 12.1. The maximum Gasteiger partial charge on any atom is 0.253 e. The Kier molecular flexibility index (Phi) is 10.9. The Bertz CT molecular complexity index is 960. The largest absolute Gasteiger partial charge is 0.377 e. The van der Waals surface area contributed by atoms with Crippen molar-refractivity contribution in [3.8, 4) is 0 Å². The van der Waals surface area contributed by atoms with E-state index in [0.29, 0.717) is 38.3 Å². The number of hydrogen-bond donors (Lipinski definition) is 0. The molecule has 3 rings (SSSR count). The third-order valence-corrected chi connectivity index (χ3v) is 6.77. The van der Waals surface area contributed by atoms with Gasteiger partial charge < -0.3 is 14.5 Å². The summed E-state index contributed by atoms with van der Waals surface area (Å²) in [7, 11) is 0. The number of benzene rings is 2. The maximum atomic E-state index is 13.0. The van der Waals surface area contributed by atoms with Crippen LogP contribution in [0.5, 0.6) is 0 Å². The Morgan fingerprint density at radius 1 is 1.03 bits per heavy atom. The standard InChI is InChI=1S/C27H35Cl2N3O3/c1-21(2)35-18-17-32(26(33)19-28)20-22-7-9-24(10-8-22)27(34)31-15-13-30(14-16-31)12-11-23-5-3-4-6-25(23)29/h3-10,21H,11-20H2,1-2H3. The van der Waals surface area contributed by atoms with Gasteiger partial charge in [0.2, 0.25) is 5.91 Å². The van der Waals surface area contributed by atoms with Crippen molar-refractivity contribution in [2.45, 2.75) is 32.9 Å². The predicted molar refractivity (Wildman–Crippen MR) is 141 cm³/mol. The highest BCUT2D eigenvalue weighted by Gasteiger charge is 2.22. The molecule has 1 aliphatic heterocycles. The minimum atomic E-state index is -0.133. The molecule has 2 amide bonds. The molecule has 1 saturated heterocycles. The maximum absolute atomic E-state index is 13.0. The Morgan fingerprint density at radius 2 is 1.71 bits per heavy atom. The topological polar surface area (TPSA) is 53.1 Å². The molecule has 0 bridgehead atoms. The van der Waals surface area contributed by atoms with Gasteiger partial charge in [-0.15, -0.1) is 11.6 Å². The number of alkyl halides is 1. The van der Waals surface area contributed by atoms with Crippen molar-refractivity contribution in [1.29, 1.82) is 0 Å². The summed E-state index contributed by atoms with van der Waals surface area (Å²) in [6.07, 6.45) is 1.01. The number of carbonyl (C=O) groups excluding carboxylic acids is 2. The third kappa shape index (κ3) is 8.50. The Labute approximate surface area is 218 Å². The smallest absolute Gasteiger partial charge is 0.253 e. The summed E-state index contributed by atoms with van der Waals surface area (Å²) in [4.78, 5) is 31.2. The normalized spacial score (nSPS) is 14.4. The van der Waals surface area contributed by atoms with Crippen molar-refractivity contribution in [3.63, 3.8) is 0 Å². The number of ether oxygens (including phenoxy) is 1. The molecule has 1 heterocycles. The van der Waals surface area contributed by atoms with Gasteiger partial charge in [0.05, 0.1) is 12.7 Å². The van der Waals surface area contributed by atoms with E-state index in [4.69, 9.17) is 27.9 Å². The van der Waals surface area contributed by atoms with E-state index in [9.17, 15) is 9.59 Å². The van der Waals surface area contributed by atoms with E-state index in [1.54, 1.807) is 4.90 Å². The van der Waals surface area contributed by atoms with E-state index in [0.717, 1.165) is 42.2 Å². The van der Waals surface area contributed by atoms with E-state index in [-0.39, 0.29) is 23.8 Å². The highest BCUT2D eigenvalue weighted by atomic mass is 35.5. The van der Waals surface area contributed by atoms with E-state index in [2.05, 4.69) is 11.0 Å². The fraction of sp³-hybridized carbons (Fsp3) is 0.481. The lowest BCUT2D eigenvalue weighted by Crippen LogP contribution is -2.49. The molecule has 0 unspecified atom stereocenters. The summed E-state index contributed by atoms with van der Waals surface area (Å²) in [5.41, 5.74) is 2.78. The molecule has 0 N–H and O–H groups in total. The van der Waals surface area contributed by atoms with E-state index in [1.807, 2.05) is 61.2 Å². The average molecular weight is 521 g/mol. The molecule has 190 valence electrons. The van der Waals surface area contributed by atoms with Gasteiger partial charge in [0.25, 0.3) is 5.91 Å². The number of amides is 2. The van der Waals surface area contributed by atoms with Crippen LogP contribution < -0.4 is 0 Å². The Balaban J connectivity index is 1.48. The summed E-state index contributed by atoms with van der Waals surface area (Å²) < 4.78 is 5.58. The zero-order valence-corrected chi connectivity index (χ0v) is 22.1. The number of halogens is 2. The van der Waals surface area contributed by atoms with Gasteiger partial charge in [0.1, 0.15) is 5.88 Å². The van der Waals surface area contributed by atoms with Crippen LogP contribution in [0.4, 0.5) is 0 Å². The second-order valence-corrected chi connectivity index (χ2v) is 9.72. The van der Waals surface area contributed by atoms with Crippen LogP contribution in [0.2, 0.25) is 5.02 Å². The van der Waals surface area contributed by atoms with Gasteiger partial charge in [-0.2, -0.15) is 0 Å². The van der Waals surface area contributed by atoms with Crippen LogP contribution >= 0.6 is 23.2 Å². The first-order valence-electron chi connectivity index (χ1n) is 12.2. The molecule has 0 spiro atoms. The van der Waals surface area contributed by atoms with Gasteiger partial charge in [-0.25, -0.2) is 0 Å². The van der Waals surface area contributed by atoms with Gasteiger partial charge in [0, 0.05) is 56.4 Å². The summed E-state index contributed by atoms with van der Waals surface area (Å²) in [5.74, 6) is -0.157. The monoisotopic (exact) mass is 519 g/mol. The Morgan fingerprint density at radius 3 is 2.34 bits per heavy atom. The minimum absolute atomic E-state index is 0.0429. The zero-order chi connectivity index (χ0) is 25.2. The van der Waals surface area contributed by atoms with Crippen molar-refractivity contribution in [3.05, 3.63) is 70.2 Å². The van der Waals surface area contributed by atoms with E-state index >= 15 is 0 Å². The van der Waals surface area contributed by atoms with Crippen LogP contribution in [-0.2, 0) is 22.5 Å². The lowest BCUT2D eigenvalue weighted by Gasteiger charge is -2.35. The molecule has 0 saturated carbocycles. The number of piperazine rings is 1. The minimum Gasteiger partial charge on any atom is -0.377 e. The number of carbonyl (C=O) groups is 2. The van der Waals surface area contributed by atoms with Crippen LogP contribution in [0.3, 0.4) is 0 Å². The molecular weight excluding hydrogens is 485 g/mol. The lowest BCUT2D eigenvalue weighted by atomic mass is 10.1. The van der Waals surface area contributed by atoms with Crippen molar-refractivity contribution in [1.82, 2.24) is 14.7 Å². The fourth-order valence-electron chi connectivity index (χ4n) is 4.09. The van der Waals surface area contributed by atoms with Crippen molar-refractivity contribution in [2.24, 2.45) is 0 Å². The molecule has 2 aromatic rings. The zero-order valence-electron chi connectivity index (χ0n) is 20.6. The molecule has 6 nitrogen and oxygen atoms in total. The average Bonchev–Trinajstić information content (AvgIpc) is 2.87. The van der Waals surface area contributed by atoms with Gasteiger partial charge in [-0.3, -0.25) is 14.5 Å². The molecule has 2 aromatic carbocycles. The number of hydrogen-bond acceptors (Lipinski definition) is 4. The summed E-state index contributed by atoms with van der Waals surface area (Å²) in [6.45, 7) is 9.34. The van der Waals surface area contributed by atoms with Gasteiger partial charge in [-0.1, -0.05) is 41.9 Å². The van der Waals surface area contributed by atoms with Gasteiger partial charge in [0.15, 0.2) is 0 Å². The van der Waals surface area contributed by atoms with Crippen LogP contribution in [0.15, 0.2) is 48.5 Å². The van der Waals surface area contributed by atoms with Crippen LogP contribution in [0, 0.1) is 0 Å². The molecule has 8 heteroatoms.